The minimum Gasteiger partial charge on any atom is -0.494 e. The van der Waals surface area contributed by atoms with Crippen LogP contribution in [0.1, 0.15) is 18.1 Å². The molecule has 10 heteroatoms. The summed E-state index contributed by atoms with van der Waals surface area (Å²) in [6, 6.07) is 7.40. The van der Waals surface area contributed by atoms with E-state index >= 15 is 0 Å². The quantitative estimate of drug-likeness (QED) is 0.329. The zero-order valence-electron chi connectivity index (χ0n) is 15.6. The molecule has 2 aromatic rings. The Morgan fingerprint density at radius 3 is 2.75 bits per heavy atom. The Bertz CT molecular complexity index is 950. The first kappa shape index (κ1) is 21.3. The molecule has 28 heavy (non-hydrogen) atoms. The van der Waals surface area contributed by atoms with Crippen molar-refractivity contribution in [3.05, 3.63) is 50.5 Å². The number of methoxy groups -OCH3 is 1. The van der Waals surface area contributed by atoms with E-state index in [-0.39, 0.29) is 36.0 Å². The molecule has 150 valence electrons. The van der Waals surface area contributed by atoms with Crippen LogP contribution in [0, 0.1) is 4.77 Å². The number of rotatable bonds is 9. The molecule has 2 rings (SSSR count). The topological polar surface area (TPSA) is 118 Å². The lowest BCUT2D eigenvalue weighted by Gasteiger charge is -2.10. The van der Waals surface area contributed by atoms with Crippen molar-refractivity contribution < 1.29 is 19.4 Å². The number of ether oxygens (including phenoxy) is 2. The highest BCUT2D eigenvalue weighted by molar-refractivity contribution is 7.71. The molecule has 3 N–H and O–H groups in total. The van der Waals surface area contributed by atoms with E-state index in [2.05, 4.69) is 15.5 Å². The first-order chi connectivity index (χ1) is 13.5. The molecule has 0 unspecified atom stereocenters. The standard InChI is InChI=1S/C18H22N4O5S/c1-3-12-4-6-13(7-5-12)27-11-15(23)21-19-10-14-16(24)20-18(28)22(17(14)25)8-9-26-2/h4-7,10,25H,3,8-9,11H2,1-2H3,(H,21,23)(H,20,24,28)/b19-10+. The molecule has 0 spiro atoms. The Hall–Kier alpha value is -2.98. The smallest absolute Gasteiger partial charge is 0.277 e. The van der Waals surface area contributed by atoms with Gasteiger partial charge in [-0.2, -0.15) is 5.10 Å². The summed E-state index contributed by atoms with van der Waals surface area (Å²) in [5.41, 5.74) is 2.64. The highest BCUT2D eigenvalue weighted by Gasteiger charge is 2.11. The van der Waals surface area contributed by atoms with Crippen LogP contribution in [0.25, 0.3) is 0 Å². The van der Waals surface area contributed by atoms with E-state index in [1.807, 2.05) is 19.1 Å². The van der Waals surface area contributed by atoms with Gasteiger partial charge in [0, 0.05) is 7.11 Å². The predicted octanol–water partition coefficient (Wildman–Crippen LogP) is 1.35. The Kier molecular flexibility index (Phi) is 7.90. The van der Waals surface area contributed by atoms with Gasteiger partial charge in [-0.15, -0.1) is 0 Å². The number of aryl methyl sites for hydroxylation is 1. The average Bonchev–Trinajstić information content (AvgIpc) is 2.69. The third-order valence-electron chi connectivity index (χ3n) is 3.81. The van der Waals surface area contributed by atoms with Crippen molar-refractivity contribution in [3.63, 3.8) is 0 Å². The van der Waals surface area contributed by atoms with E-state index in [0.29, 0.717) is 5.75 Å². The van der Waals surface area contributed by atoms with Gasteiger partial charge >= 0.3 is 0 Å². The fraction of sp³-hybridized carbons (Fsp3) is 0.333. The van der Waals surface area contributed by atoms with Crippen molar-refractivity contribution in [1.29, 1.82) is 0 Å². The molecular formula is C18H22N4O5S. The summed E-state index contributed by atoms with van der Waals surface area (Å²) in [6.45, 7) is 2.34. The van der Waals surface area contributed by atoms with E-state index in [1.165, 1.54) is 17.2 Å². The highest BCUT2D eigenvalue weighted by atomic mass is 32.1. The summed E-state index contributed by atoms with van der Waals surface area (Å²) in [7, 11) is 1.50. The summed E-state index contributed by atoms with van der Waals surface area (Å²) in [6.07, 6.45) is 1.96. The van der Waals surface area contributed by atoms with Gasteiger partial charge in [0.2, 0.25) is 5.88 Å². The zero-order chi connectivity index (χ0) is 20.5. The van der Waals surface area contributed by atoms with E-state index < -0.39 is 11.5 Å². The van der Waals surface area contributed by atoms with Gasteiger partial charge in [0.1, 0.15) is 11.3 Å². The lowest BCUT2D eigenvalue weighted by molar-refractivity contribution is -0.123. The van der Waals surface area contributed by atoms with Crippen LogP contribution in [-0.2, 0) is 22.5 Å². The normalized spacial score (nSPS) is 10.9. The van der Waals surface area contributed by atoms with Crippen molar-refractivity contribution in [2.75, 3.05) is 20.3 Å². The Morgan fingerprint density at radius 2 is 2.11 bits per heavy atom. The Balaban J connectivity index is 1.98. The number of benzene rings is 1. The van der Waals surface area contributed by atoms with Crippen LogP contribution in [0.2, 0.25) is 0 Å². The monoisotopic (exact) mass is 406 g/mol. The second-order valence-corrected chi connectivity index (χ2v) is 6.11. The zero-order valence-corrected chi connectivity index (χ0v) is 16.4. The second kappa shape index (κ2) is 10.4. The van der Waals surface area contributed by atoms with Crippen LogP contribution in [0.4, 0.5) is 0 Å². The van der Waals surface area contributed by atoms with E-state index in [4.69, 9.17) is 21.7 Å². The van der Waals surface area contributed by atoms with E-state index in [9.17, 15) is 14.7 Å². The number of carbonyl (C=O) groups excluding carboxylic acids is 1. The summed E-state index contributed by atoms with van der Waals surface area (Å²) >= 11 is 5.01. The minimum atomic E-state index is -0.624. The molecule has 0 atom stereocenters. The summed E-state index contributed by atoms with van der Waals surface area (Å²) in [4.78, 5) is 26.2. The third-order valence-corrected chi connectivity index (χ3v) is 4.13. The van der Waals surface area contributed by atoms with Crippen LogP contribution in [-0.4, -0.2) is 47.1 Å². The molecular weight excluding hydrogens is 384 g/mol. The molecule has 1 aromatic heterocycles. The van der Waals surface area contributed by atoms with Crippen LogP contribution >= 0.6 is 12.2 Å². The summed E-state index contributed by atoms with van der Waals surface area (Å²) in [5.74, 6) is -0.319. The van der Waals surface area contributed by atoms with Crippen molar-refractivity contribution in [2.24, 2.45) is 5.10 Å². The molecule has 0 fully saturated rings. The number of H-pyrrole nitrogens is 1. The number of aromatic amines is 1. The number of amides is 1. The number of hydrazone groups is 1. The van der Waals surface area contributed by atoms with Crippen molar-refractivity contribution in [2.45, 2.75) is 19.9 Å². The Morgan fingerprint density at radius 1 is 1.39 bits per heavy atom. The molecule has 0 aliphatic rings. The van der Waals surface area contributed by atoms with Gasteiger partial charge in [-0.3, -0.25) is 19.1 Å². The molecule has 0 saturated carbocycles. The van der Waals surface area contributed by atoms with Gasteiger partial charge in [-0.05, 0) is 36.3 Å². The number of aromatic nitrogens is 2. The van der Waals surface area contributed by atoms with Crippen LogP contribution in [0.3, 0.4) is 0 Å². The fourth-order valence-electron chi connectivity index (χ4n) is 2.25. The van der Waals surface area contributed by atoms with Crippen molar-refractivity contribution in [1.82, 2.24) is 15.0 Å². The SMILES string of the molecule is CCc1ccc(OCC(=O)N/N=C/c2c(O)n(CCOC)c(=S)[nH]c2=O)cc1. The molecule has 1 amide bonds. The first-order valence-electron chi connectivity index (χ1n) is 8.55. The number of carbonyl (C=O) groups is 1. The fourth-order valence-corrected chi connectivity index (χ4v) is 2.52. The number of hydrogen-bond donors (Lipinski definition) is 3. The third kappa shape index (κ3) is 5.76. The van der Waals surface area contributed by atoms with Gasteiger partial charge in [-0.25, -0.2) is 5.43 Å². The molecule has 1 heterocycles. The van der Waals surface area contributed by atoms with Crippen LogP contribution in [0.15, 0.2) is 34.2 Å². The first-order valence-corrected chi connectivity index (χ1v) is 8.95. The van der Waals surface area contributed by atoms with Gasteiger partial charge < -0.3 is 14.6 Å². The maximum Gasteiger partial charge on any atom is 0.277 e. The number of hydrogen-bond acceptors (Lipinski definition) is 7. The number of aromatic hydroxyl groups is 1. The van der Waals surface area contributed by atoms with Crippen LogP contribution in [0.5, 0.6) is 11.6 Å². The van der Waals surface area contributed by atoms with Gasteiger partial charge in [0.15, 0.2) is 11.4 Å². The molecule has 9 nitrogen and oxygen atoms in total. The largest absolute Gasteiger partial charge is 0.494 e. The molecule has 1 aromatic carbocycles. The maximum absolute atomic E-state index is 12.0. The number of nitrogens with one attached hydrogen (secondary N) is 2. The highest BCUT2D eigenvalue weighted by Crippen LogP contribution is 2.12. The van der Waals surface area contributed by atoms with E-state index in [0.717, 1.165) is 12.6 Å². The minimum absolute atomic E-state index is 0.0585. The molecule has 0 bridgehead atoms. The summed E-state index contributed by atoms with van der Waals surface area (Å²) in [5, 5.41) is 13.9. The Labute approximate surface area is 166 Å². The van der Waals surface area contributed by atoms with E-state index in [1.54, 1.807) is 12.1 Å². The van der Waals surface area contributed by atoms with Gasteiger partial charge in [0.25, 0.3) is 11.5 Å². The molecule has 0 aliphatic heterocycles. The molecule has 0 saturated heterocycles. The summed E-state index contributed by atoms with van der Waals surface area (Å²) < 4.78 is 11.7. The predicted molar refractivity (Wildman–Crippen MR) is 106 cm³/mol. The van der Waals surface area contributed by atoms with Crippen molar-refractivity contribution >= 4 is 24.3 Å². The number of nitrogens with zero attached hydrogens (tertiary/aromatic N) is 2. The maximum atomic E-state index is 12.0. The average molecular weight is 406 g/mol. The van der Waals surface area contributed by atoms with Gasteiger partial charge in [0.05, 0.1) is 19.4 Å². The lowest BCUT2D eigenvalue weighted by Crippen LogP contribution is -2.25. The van der Waals surface area contributed by atoms with Gasteiger partial charge in [-0.1, -0.05) is 19.1 Å². The molecule has 0 aliphatic carbocycles. The molecule has 0 radical (unpaired) electrons. The van der Waals surface area contributed by atoms with Crippen molar-refractivity contribution in [3.8, 4) is 11.6 Å². The lowest BCUT2D eigenvalue weighted by atomic mass is 10.2. The van der Waals surface area contributed by atoms with Crippen LogP contribution < -0.4 is 15.7 Å². The second-order valence-electron chi connectivity index (χ2n) is 5.72.